The molecule has 0 spiro atoms. The molecule has 0 unspecified atom stereocenters. The summed E-state index contributed by atoms with van der Waals surface area (Å²) in [6.07, 6.45) is 0. The van der Waals surface area contributed by atoms with Crippen LogP contribution in [-0.2, 0) is 0 Å². The third-order valence-electron chi connectivity index (χ3n) is 1.46. The van der Waals surface area contributed by atoms with Gasteiger partial charge in [0.15, 0.2) is 0 Å². The molecule has 0 fully saturated rings. The van der Waals surface area contributed by atoms with E-state index in [9.17, 15) is 0 Å². The van der Waals surface area contributed by atoms with Crippen LogP contribution in [0.5, 0.6) is 0 Å². The minimum Gasteiger partial charge on any atom is -0.192 e. The number of rotatable bonds is 0. The lowest BCUT2D eigenvalue weighted by molar-refractivity contribution is 1.48. The van der Waals surface area contributed by atoms with Gasteiger partial charge in [0, 0.05) is 28.2 Å². The molecule has 2 heteroatoms. The zero-order valence-corrected chi connectivity index (χ0v) is 9.79. The average molecular weight is 301 g/mol. The molecule has 0 saturated carbocycles. The van der Waals surface area contributed by atoms with Crippen molar-refractivity contribution in [3.63, 3.8) is 0 Å². The molecule has 0 heterocycles. The Balaban J connectivity index is 2.78. The second-order valence-corrected chi connectivity index (χ2v) is 2.95. The van der Waals surface area contributed by atoms with E-state index >= 15 is 0 Å². The molecule has 15 heavy (non-hydrogen) atoms. The van der Waals surface area contributed by atoms with Crippen LogP contribution < -0.4 is 0 Å². The summed E-state index contributed by atoms with van der Waals surface area (Å²) in [7, 11) is 0. The molecule has 1 nitrogen and oxygen atoms in total. The van der Waals surface area contributed by atoms with Gasteiger partial charge in [0.1, 0.15) is 0 Å². The first-order valence-corrected chi connectivity index (χ1v) is 5.06. The summed E-state index contributed by atoms with van der Waals surface area (Å²) >= 11 is 1.92. The van der Waals surface area contributed by atoms with Gasteiger partial charge in [-0.3, -0.25) is 0 Å². The Morgan fingerprint density at radius 3 is 2.07 bits per heavy atom. The van der Waals surface area contributed by atoms with Crippen LogP contribution in [0.3, 0.4) is 0 Å². The maximum Gasteiger partial charge on any atom is 0.0991 e. The van der Waals surface area contributed by atoms with E-state index in [0.29, 0.717) is 5.56 Å². The maximum atomic E-state index is 8.58. The Morgan fingerprint density at radius 1 is 0.867 bits per heavy atom. The topological polar surface area (TPSA) is 23.8 Å². The van der Waals surface area contributed by atoms with Crippen LogP contribution in [0.1, 0.15) is 11.1 Å². The van der Waals surface area contributed by atoms with Crippen molar-refractivity contribution in [1.82, 2.24) is 0 Å². The van der Waals surface area contributed by atoms with Crippen molar-refractivity contribution in [2.45, 2.75) is 0 Å². The van der Waals surface area contributed by atoms with E-state index in [1.54, 1.807) is 24.3 Å². The Labute approximate surface area is 103 Å². The fourth-order valence-electron chi connectivity index (χ4n) is 0.818. The van der Waals surface area contributed by atoms with E-state index in [0.717, 1.165) is 5.56 Å². The number of nitrogens with zero attached hydrogens (tertiary/aromatic N) is 1. The van der Waals surface area contributed by atoms with E-state index in [-0.39, 0.29) is 0 Å². The van der Waals surface area contributed by atoms with Gasteiger partial charge in [0.25, 0.3) is 0 Å². The quantitative estimate of drug-likeness (QED) is 0.533. The van der Waals surface area contributed by atoms with Crippen molar-refractivity contribution < 1.29 is 0 Å². The smallest absolute Gasteiger partial charge is 0.0991 e. The highest BCUT2D eigenvalue weighted by Gasteiger charge is 1.88. The summed E-state index contributed by atoms with van der Waals surface area (Å²) in [5.74, 6) is 13.3. The van der Waals surface area contributed by atoms with E-state index in [4.69, 9.17) is 5.26 Å². The van der Waals surface area contributed by atoms with Gasteiger partial charge in [0.2, 0.25) is 0 Å². The maximum absolute atomic E-state index is 8.58. The predicted octanol–water partition coefficient (Wildman–Crippen LogP) is 2.31. The van der Waals surface area contributed by atoms with Crippen LogP contribution in [0.2, 0.25) is 0 Å². The number of nitriles is 1. The van der Waals surface area contributed by atoms with Crippen LogP contribution in [-0.4, -0.2) is 0 Å². The van der Waals surface area contributed by atoms with Crippen molar-refractivity contribution in [1.29, 1.82) is 5.26 Å². The minimum atomic E-state index is 0.627. The summed E-state index contributed by atoms with van der Waals surface area (Å²) in [4.78, 5) is 0. The zero-order valence-electron chi connectivity index (χ0n) is 7.63. The average Bonchev–Trinajstić information content (AvgIpc) is 2.30. The summed E-state index contributed by atoms with van der Waals surface area (Å²) in [6, 6.07) is 9.07. The van der Waals surface area contributed by atoms with Crippen LogP contribution in [0, 0.1) is 44.9 Å². The zero-order chi connectivity index (χ0) is 10.9. The predicted molar refractivity (Wildman–Crippen MR) is 67.6 cm³/mol. The molecule has 0 N–H and O–H groups in total. The molecular weight excluding hydrogens is 297 g/mol. The molecule has 0 aliphatic rings. The standard InChI is InChI=1S/C13H4IN/c14-10-4-2-1-3-5-12-6-8-13(11-15)9-7-12/h6-9H. The molecule has 0 atom stereocenters. The van der Waals surface area contributed by atoms with Crippen LogP contribution in [0.25, 0.3) is 0 Å². The Morgan fingerprint density at radius 2 is 1.47 bits per heavy atom. The van der Waals surface area contributed by atoms with Gasteiger partial charge in [-0.25, -0.2) is 0 Å². The van der Waals surface area contributed by atoms with Crippen molar-refractivity contribution in [3.05, 3.63) is 35.4 Å². The Kier molecular flexibility index (Phi) is 4.89. The second-order valence-electron chi connectivity index (χ2n) is 2.41. The van der Waals surface area contributed by atoms with Crippen LogP contribution >= 0.6 is 22.6 Å². The SMILES string of the molecule is N#Cc1ccc(C#CC#CC#CI)cc1. The first kappa shape index (κ1) is 11.2. The molecule has 68 valence electrons. The van der Waals surface area contributed by atoms with Gasteiger partial charge in [-0.2, -0.15) is 5.26 Å². The summed E-state index contributed by atoms with van der Waals surface area (Å²) in [5, 5.41) is 8.58. The highest BCUT2D eigenvalue weighted by Crippen LogP contribution is 2.00. The molecule has 0 radical (unpaired) electrons. The summed E-state index contributed by atoms with van der Waals surface area (Å²) < 4.78 is 2.62. The fourth-order valence-corrected chi connectivity index (χ4v) is 0.952. The normalized spacial score (nSPS) is 6.67. The first-order chi connectivity index (χ1) is 7.36. The highest BCUT2D eigenvalue weighted by atomic mass is 127. The summed E-state index contributed by atoms with van der Waals surface area (Å²) in [6.45, 7) is 0. The molecule has 0 saturated heterocycles. The number of halogens is 1. The lowest BCUT2D eigenvalue weighted by Gasteiger charge is -1.88. The lowest BCUT2D eigenvalue weighted by Crippen LogP contribution is -1.75. The van der Waals surface area contributed by atoms with Gasteiger partial charge < -0.3 is 0 Å². The molecule has 0 bridgehead atoms. The monoisotopic (exact) mass is 301 g/mol. The van der Waals surface area contributed by atoms with Crippen molar-refractivity contribution in [2.75, 3.05) is 0 Å². The highest BCUT2D eigenvalue weighted by molar-refractivity contribution is 14.1. The molecule has 1 aromatic carbocycles. The van der Waals surface area contributed by atoms with E-state index in [1.165, 1.54) is 0 Å². The summed E-state index contributed by atoms with van der Waals surface area (Å²) in [5.41, 5.74) is 1.47. The lowest BCUT2D eigenvalue weighted by atomic mass is 10.1. The van der Waals surface area contributed by atoms with Gasteiger partial charge >= 0.3 is 0 Å². The largest absolute Gasteiger partial charge is 0.192 e. The number of hydrogen-bond donors (Lipinski definition) is 0. The van der Waals surface area contributed by atoms with Crippen molar-refractivity contribution in [3.8, 4) is 39.6 Å². The number of benzene rings is 1. The fraction of sp³-hybridized carbons (Fsp3) is 0. The van der Waals surface area contributed by atoms with E-state index < -0.39 is 0 Å². The van der Waals surface area contributed by atoms with Gasteiger partial charge in [-0.1, -0.05) is 5.92 Å². The molecule has 1 aromatic rings. The van der Waals surface area contributed by atoms with Crippen molar-refractivity contribution in [2.24, 2.45) is 0 Å². The molecule has 0 aliphatic carbocycles. The Bertz CT molecular complexity index is 557. The molecular formula is C13H4IN. The Hall–Kier alpha value is -1.88. The third kappa shape index (κ3) is 4.24. The molecule has 0 aromatic heterocycles. The molecule has 1 rings (SSSR count). The molecule has 0 amide bonds. The van der Waals surface area contributed by atoms with Gasteiger partial charge in [-0.15, -0.1) is 0 Å². The van der Waals surface area contributed by atoms with E-state index in [2.05, 4.69) is 33.5 Å². The minimum absolute atomic E-state index is 0.627. The van der Waals surface area contributed by atoms with Gasteiger partial charge in [0.05, 0.1) is 11.6 Å². The first-order valence-electron chi connectivity index (χ1n) is 3.98. The van der Waals surface area contributed by atoms with Crippen LogP contribution in [0.4, 0.5) is 0 Å². The number of hydrogen-bond acceptors (Lipinski definition) is 1. The third-order valence-corrected chi connectivity index (χ3v) is 1.73. The van der Waals surface area contributed by atoms with Gasteiger partial charge in [-0.05, 0) is 51.9 Å². The van der Waals surface area contributed by atoms with Crippen LogP contribution in [0.15, 0.2) is 24.3 Å². The second kappa shape index (κ2) is 6.56. The molecule has 0 aliphatic heterocycles. The van der Waals surface area contributed by atoms with E-state index in [1.807, 2.05) is 28.7 Å². The van der Waals surface area contributed by atoms with Crippen molar-refractivity contribution >= 4 is 22.6 Å².